The number of pyridine rings is 1. The zero-order valence-electron chi connectivity index (χ0n) is 14.0. The Hall–Kier alpha value is -4.07. The molecule has 2 heterocycles. The Morgan fingerprint density at radius 2 is 1.56 bits per heavy atom. The molecule has 27 heavy (non-hydrogen) atoms. The molecule has 2 aromatic carbocycles. The number of nitrogens with one attached hydrogen (secondary N) is 2. The predicted octanol–water partition coefficient (Wildman–Crippen LogP) is 4.42. The van der Waals surface area contributed by atoms with Crippen LogP contribution in [-0.2, 0) is 0 Å². The Kier molecular flexibility index (Phi) is 4.28. The van der Waals surface area contributed by atoms with Crippen LogP contribution in [0.15, 0.2) is 73.3 Å². The maximum absolute atomic E-state index is 11.7. The fourth-order valence-electron chi connectivity index (χ4n) is 2.77. The van der Waals surface area contributed by atoms with Crippen LogP contribution in [0.2, 0.25) is 0 Å². The molecule has 4 rings (SSSR count). The first kappa shape index (κ1) is 16.4. The molecular formula is C19H14N6O2. The lowest BCUT2D eigenvalue weighted by Crippen LogP contribution is -2.05. The molecule has 132 valence electrons. The minimum absolute atomic E-state index is 0.101. The molecule has 0 saturated heterocycles. The highest BCUT2D eigenvalue weighted by Crippen LogP contribution is 2.34. The second-order valence-corrected chi connectivity index (χ2v) is 5.69. The van der Waals surface area contributed by atoms with Crippen molar-refractivity contribution in [3.05, 3.63) is 83.4 Å². The number of rotatable bonds is 5. The van der Waals surface area contributed by atoms with Crippen LogP contribution in [-0.4, -0.2) is 19.9 Å². The van der Waals surface area contributed by atoms with Crippen molar-refractivity contribution in [1.29, 1.82) is 0 Å². The summed E-state index contributed by atoms with van der Waals surface area (Å²) in [6.45, 7) is 0. The monoisotopic (exact) mass is 358 g/mol. The summed E-state index contributed by atoms with van der Waals surface area (Å²) in [5, 5.41) is 19.7. The van der Waals surface area contributed by atoms with Crippen LogP contribution in [0.5, 0.6) is 0 Å². The summed E-state index contributed by atoms with van der Waals surface area (Å²) >= 11 is 0. The Bertz CT molecular complexity index is 1110. The van der Waals surface area contributed by atoms with Gasteiger partial charge in [0.2, 0.25) is 11.6 Å². The average Bonchev–Trinajstić information content (AvgIpc) is 2.69. The third-order valence-electron chi connectivity index (χ3n) is 3.99. The number of hydrogen-bond donors (Lipinski definition) is 2. The van der Waals surface area contributed by atoms with Gasteiger partial charge < -0.3 is 10.6 Å². The maximum atomic E-state index is 11.7. The van der Waals surface area contributed by atoms with Gasteiger partial charge >= 0.3 is 5.69 Å². The predicted molar refractivity (Wildman–Crippen MR) is 103 cm³/mol. The summed E-state index contributed by atoms with van der Waals surface area (Å²) in [5.74, 6) is 0.215. The molecule has 8 heteroatoms. The van der Waals surface area contributed by atoms with Gasteiger partial charge in [-0.05, 0) is 23.6 Å². The quantitative estimate of drug-likeness (QED) is 0.402. The van der Waals surface area contributed by atoms with Gasteiger partial charge in [0.15, 0.2) is 0 Å². The number of aromatic nitrogens is 3. The average molecular weight is 358 g/mol. The molecule has 0 fully saturated rings. The molecule has 0 aliphatic heterocycles. The third kappa shape index (κ3) is 3.36. The van der Waals surface area contributed by atoms with Crippen molar-refractivity contribution < 1.29 is 4.92 Å². The van der Waals surface area contributed by atoms with Gasteiger partial charge in [-0.15, -0.1) is 0 Å². The molecule has 0 aliphatic carbocycles. The molecule has 2 aromatic heterocycles. The van der Waals surface area contributed by atoms with E-state index in [9.17, 15) is 10.1 Å². The minimum Gasteiger partial charge on any atom is -0.334 e. The highest BCUT2D eigenvalue weighted by atomic mass is 16.6. The lowest BCUT2D eigenvalue weighted by Gasteiger charge is -2.11. The van der Waals surface area contributed by atoms with Crippen molar-refractivity contribution >= 4 is 39.5 Å². The summed E-state index contributed by atoms with van der Waals surface area (Å²) in [5.41, 5.74) is 1.13. The fourth-order valence-corrected chi connectivity index (χ4v) is 2.77. The fraction of sp³-hybridized carbons (Fsp3) is 0. The van der Waals surface area contributed by atoms with E-state index in [0.717, 1.165) is 16.5 Å². The van der Waals surface area contributed by atoms with Crippen LogP contribution in [0.3, 0.4) is 0 Å². The van der Waals surface area contributed by atoms with Crippen LogP contribution >= 0.6 is 0 Å². The third-order valence-corrected chi connectivity index (χ3v) is 3.99. The smallest absolute Gasteiger partial charge is 0.334 e. The first-order valence-corrected chi connectivity index (χ1v) is 8.13. The van der Waals surface area contributed by atoms with E-state index >= 15 is 0 Å². The van der Waals surface area contributed by atoms with Crippen LogP contribution in [0.4, 0.5) is 28.7 Å². The minimum atomic E-state index is -0.503. The van der Waals surface area contributed by atoms with E-state index in [4.69, 9.17) is 0 Å². The van der Waals surface area contributed by atoms with Crippen LogP contribution < -0.4 is 10.6 Å². The second-order valence-electron chi connectivity index (χ2n) is 5.69. The van der Waals surface area contributed by atoms with E-state index in [0.29, 0.717) is 5.69 Å². The first-order chi connectivity index (χ1) is 13.2. The van der Waals surface area contributed by atoms with Gasteiger partial charge in [0.25, 0.3) is 0 Å². The number of anilines is 4. The van der Waals surface area contributed by atoms with Crippen molar-refractivity contribution in [3.8, 4) is 0 Å². The summed E-state index contributed by atoms with van der Waals surface area (Å²) in [7, 11) is 0. The normalized spacial score (nSPS) is 10.5. The van der Waals surface area contributed by atoms with E-state index in [-0.39, 0.29) is 17.3 Å². The number of fused-ring (bicyclic) bond motifs is 1. The van der Waals surface area contributed by atoms with E-state index in [1.807, 2.05) is 42.5 Å². The maximum Gasteiger partial charge on any atom is 0.353 e. The highest BCUT2D eigenvalue weighted by Gasteiger charge is 2.23. The Balaban J connectivity index is 1.76. The van der Waals surface area contributed by atoms with E-state index < -0.39 is 4.92 Å². The van der Waals surface area contributed by atoms with Gasteiger partial charge in [-0.3, -0.25) is 15.1 Å². The van der Waals surface area contributed by atoms with Crippen molar-refractivity contribution in [2.45, 2.75) is 0 Å². The summed E-state index contributed by atoms with van der Waals surface area (Å²) in [6, 6.07) is 16.9. The Labute approximate surface area is 154 Å². The zero-order chi connectivity index (χ0) is 18.6. The number of nitro groups is 1. The van der Waals surface area contributed by atoms with Crippen LogP contribution in [0.1, 0.15) is 0 Å². The number of hydrogen-bond acceptors (Lipinski definition) is 7. The molecule has 0 spiro atoms. The van der Waals surface area contributed by atoms with Gasteiger partial charge in [-0.2, -0.15) is 0 Å². The molecule has 0 atom stereocenters. The lowest BCUT2D eigenvalue weighted by molar-refractivity contribution is -0.383. The Morgan fingerprint density at radius 1 is 0.852 bits per heavy atom. The molecule has 8 nitrogen and oxygen atoms in total. The lowest BCUT2D eigenvalue weighted by atomic mass is 10.1. The molecular weight excluding hydrogens is 344 g/mol. The molecule has 0 saturated carbocycles. The van der Waals surface area contributed by atoms with E-state index in [1.165, 1.54) is 6.33 Å². The molecule has 0 amide bonds. The van der Waals surface area contributed by atoms with Crippen molar-refractivity contribution in [3.63, 3.8) is 0 Å². The van der Waals surface area contributed by atoms with Crippen molar-refractivity contribution in [1.82, 2.24) is 15.0 Å². The summed E-state index contributed by atoms with van der Waals surface area (Å²) in [6.07, 6.45) is 4.46. The zero-order valence-corrected chi connectivity index (χ0v) is 14.0. The standard InChI is InChI=1S/C19H14N6O2/c26-25(27)17-18(23-14-8-10-20-11-9-14)21-12-22-19(17)24-16-7-3-5-13-4-1-2-6-15(13)16/h1-12H,(H2,20,21,22,23,24). The molecule has 4 aromatic rings. The molecule has 0 unspecified atom stereocenters. The van der Waals surface area contributed by atoms with Crippen molar-refractivity contribution in [2.24, 2.45) is 0 Å². The van der Waals surface area contributed by atoms with Gasteiger partial charge in [0, 0.05) is 29.2 Å². The molecule has 0 bridgehead atoms. The molecule has 0 radical (unpaired) electrons. The Morgan fingerprint density at radius 3 is 2.33 bits per heavy atom. The first-order valence-electron chi connectivity index (χ1n) is 8.13. The van der Waals surface area contributed by atoms with E-state index in [2.05, 4.69) is 25.6 Å². The number of benzene rings is 2. The topological polar surface area (TPSA) is 106 Å². The molecule has 0 aliphatic rings. The largest absolute Gasteiger partial charge is 0.353 e. The van der Waals surface area contributed by atoms with Gasteiger partial charge in [-0.1, -0.05) is 36.4 Å². The summed E-state index contributed by atoms with van der Waals surface area (Å²) < 4.78 is 0. The van der Waals surface area contributed by atoms with E-state index in [1.54, 1.807) is 24.5 Å². The molecule has 2 N–H and O–H groups in total. The van der Waals surface area contributed by atoms with Crippen molar-refractivity contribution in [2.75, 3.05) is 10.6 Å². The van der Waals surface area contributed by atoms with Gasteiger partial charge in [0.05, 0.1) is 4.92 Å². The summed E-state index contributed by atoms with van der Waals surface area (Å²) in [4.78, 5) is 23.3. The highest BCUT2D eigenvalue weighted by molar-refractivity contribution is 5.96. The van der Waals surface area contributed by atoms with Gasteiger partial charge in [-0.25, -0.2) is 9.97 Å². The van der Waals surface area contributed by atoms with Crippen LogP contribution in [0.25, 0.3) is 10.8 Å². The SMILES string of the molecule is O=[N+]([O-])c1c(Nc2ccncc2)ncnc1Nc1cccc2ccccc12. The van der Waals surface area contributed by atoms with Crippen LogP contribution in [0, 0.1) is 10.1 Å². The van der Waals surface area contributed by atoms with Gasteiger partial charge in [0.1, 0.15) is 6.33 Å². The second kappa shape index (κ2) is 7.04. The number of nitrogens with zero attached hydrogens (tertiary/aromatic N) is 4.